The van der Waals surface area contributed by atoms with Crippen molar-refractivity contribution in [2.45, 2.75) is 66.9 Å². The number of nitrogens with zero attached hydrogens (tertiary/aromatic N) is 2. The van der Waals surface area contributed by atoms with Crippen LogP contribution in [0.15, 0.2) is 29.2 Å². The zero-order valence-corrected chi connectivity index (χ0v) is 18.1. The molecule has 1 heterocycles. The molecule has 4 rings (SSSR count). The molecule has 1 saturated heterocycles. The molecule has 3 fully saturated rings. The molecular formula is C21H22F3N3O4S. The number of nitrogens with one attached hydrogen (secondary N) is 1. The number of sulfone groups is 1. The first-order chi connectivity index (χ1) is 14.8. The fourth-order valence-corrected chi connectivity index (χ4v) is 5.99. The predicted octanol–water partition coefficient (Wildman–Crippen LogP) is 2.42. The predicted molar refractivity (Wildman–Crippen MR) is 106 cm³/mol. The normalized spacial score (nSPS) is 25.7. The number of carbonyl (C=O) groups is 2. The molecular weight excluding hydrogens is 447 g/mol. The third-order valence-corrected chi connectivity index (χ3v) is 8.80. The van der Waals surface area contributed by atoms with Gasteiger partial charge in [-0.15, -0.1) is 0 Å². The summed E-state index contributed by atoms with van der Waals surface area (Å²) in [6.45, 7) is 1.34. The summed E-state index contributed by atoms with van der Waals surface area (Å²) in [5, 5.41) is 10.5. The smallest absolute Gasteiger partial charge is 0.336 e. The highest BCUT2D eigenvalue weighted by Gasteiger charge is 2.55. The van der Waals surface area contributed by atoms with Crippen molar-refractivity contribution in [3.05, 3.63) is 29.8 Å². The van der Waals surface area contributed by atoms with Crippen LogP contribution < -0.4 is 5.32 Å². The fourth-order valence-electron chi connectivity index (χ4n) is 4.08. The number of rotatable bonds is 5. The van der Waals surface area contributed by atoms with Crippen LogP contribution >= 0.6 is 0 Å². The first-order valence-corrected chi connectivity index (χ1v) is 11.8. The van der Waals surface area contributed by atoms with E-state index in [4.69, 9.17) is 0 Å². The van der Waals surface area contributed by atoms with Crippen LogP contribution in [0.25, 0.3) is 0 Å². The van der Waals surface area contributed by atoms with Crippen molar-refractivity contribution in [2.24, 2.45) is 5.41 Å². The molecule has 1 aliphatic heterocycles. The third-order valence-electron chi connectivity index (χ3n) is 6.61. The molecule has 1 aromatic carbocycles. The summed E-state index contributed by atoms with van der Waals surface area (Å²) < 4.78 is 66.8. The maximum Gasteiger partial charge on any atom is 0.417 e. The number of alkyl halides is 3. The van der Waals surface area contributed by atoms with Crippen LogP contribution in [0.2, 0.25) is 0 Å². The van der Waals surface area contributed by atoms with Gasteiger partial charge in [0.25, 0.3) is 0 Å². The summed E-state index contributed by atoms with van der Waals surface area (Å²) in [4.78, 5) is 26.3. The molecule has 2 atom stereocenters. The largest absolute Gasteiger partial charge is 0.417 e. The van der Waals surface area contributed by atoms with Gasteiger partial charge in [0, 0.05) is 12.0 Å². The van der Waals surface area contributed by atoms with Crippen molar-refractivity contribution in [2.75, 3.05) is 6.54 Å². The molecule has 32 heavy (non-hydrogen) atoms. The van der Waals surface area contributed by atoms with Gasteiger partial charge in [-0.25, -0.2) is 8.42 Å². The number of benzene rings is 1. The molecule has 7 nitrogen and oxygen atoms in total. The molecule has 0 aromatic heterocycles. The lowest BCUT2D eigenvalue weighted by Crippen LogP contribution is -2.50. The Morgan fingerprint density at radius 3 is 2.34 bits per heavy atom. The zero-order valence-electron chi connectivity index (χ0n) is 17.3. The SMILES string of the molecule is CC1(C(=O)N2C[C@H](S(=O)(=O)c3ccccc3C(F)(F)F)C[C@H]2C(=O)NC2(C#N)CC2)CC1. The van der Waals surface area contributed by atoms with Gasteiger partial charge in [0.05, 0.1) is 21.8 Å². The van der Waals surface area contributed by atoms with Crippen LogP contribution in [0.5, 0.6) is 0 Å². The molecule has 3 aliphatic rings. The molecule has 2 aliphatic carbocycles. The highest BCUT2D eigenvalue weighted by molar-refractivity contribution is 7.92. The van der Waals surface area contributed by atoms with Crippen LogP contribution in [-0.4, -0.2) is 48.5 Å². The van der Waals surface area contributed by atoms with Gasteiger partial charge in [0.1, 0.15) is 11.6 Å². The summed E-state index contributed by atoms with van der Waals surface area (Å²) in [5.74, 6) is -1.04. The second-order valence-corrected chi connectivity index (χ2v) is 11.3. The van der Waals surface area contributed by atoms with E-state index in [1.807, 2.05) is 6.07 Å². The van der Waals surface area contributed by atoms with Crippen molar-refractivity contribution in [3.63, 3.8) is 0 Å². The maximum absolute atomic E-state index is 13.4. The van der Waals surface area contributed by atoms with E-state index in [1.165, 1.54) is 11.0 Å². The minimum absolute atomic E-state index is 0.330. The molecule has 1 aromatic rings. The Labute approximate surface area is 183 Å². The minimum Gasteiger partial charge on any atom is -0.336 e. The van der Waals surface area contributed by atoms with E-state index < -0.39 is 54.6 Å². The van der Waals surface area contributed by atoms with Crippen LogP contribution in [0, 0.1) is 16.7 Å². The Bertz CT molecular complexity index is 1120. The molecule has 0 radical (unpaired) electrons. The summed E-state index contributed by atoms with van der Waals surface area (Å²) in [6, 6.07) is 4.75. The summed E-state index contributed by atoms with van der Waals surface area (Å²) >= 11 is 0. The average molecular weight is 469 g/mol. The van der Waals surface area contributed by atoms with Gasteiger partial charge in [-0.05, 0) is 44.2 Å². The number of halogens is 3. The van der Waals surface area contributed by atoms with Crippen LogP contribution in [-0.2, 0) is 25.6 Å². The van der Waals surface area contributed by atoms with E-state index in [2.05, 4.69) is 5.32 Å². The molecule has 2 saturated carbocycles. The summed E-state index contributed by atoms with van der Waals surface area (Å²) in [6.07, 6.45) is -3.12. The number of carbonyl (C=O) groups excluding carboxylic acids is 2. The number of amides is 2. The molecule has 172 valence electrons. The minimum atomic E-state index is -4.87. The lowest BCUT2D eigenvalue weighted by molar-refractivity contribution is -0.142. The monoisotopic (exact) mass is 469 g/mol. The van der Waals surface area contributed by atoms with Crippen molar-refractivity contribution in [1.82, 2.24) is 10.2 Å². The molecule has 0 bridgehead atoms. The second-order valence-electron chi connectivity index (χ2n) is 9.11. The number of hydrogen-bond acceptors (Lipinski definition) is 5. The van der Waals surface area contributed by atoms with E-state index in [0.717, 1.165) is 12.1 Å². The van der Waals surface area contributed by atoms with Gasteiger partial charge in [-0.2, -0.15) is 18.4 Å². The quantitative estimate of drug-likeness (QED) is 0.713. The van der Waals surface area contributed by atoms with Crippen molar-refractivity contribution < 1.29 is 31.2 Å². The zero-order chi connectivity index (χ0) is 23.5. The number of hydrogen-bond donors (Lipinski definition) is 1. The Kier molecular flexibility index (Phi) is 5.08. The lowest BCUT2D eigenvalue weighted by Gasteiger charge is -2.27. The fraction of sp³-hybridized carbons (Fsp3) is 0.571. The first-order valence-electron chi connectivity index (χ1n) is 10.3. The van der Waals surface area contributed by atoms with Crippen molar-refractivity contribution >= 4 is 21.7 Å². The Morgan fingerprint density at radius 2 is 1.81 bits per heavy atom. The first kappa shape index (κ1) is 22.6. The molecule has 2 amide bonds. The number of likely N-dealkylation sites (tertiary alicyclic amines) is 1. The van der Waals surface area contributed by atoms with Crippen LogP contribution in [0.3, 0.4) is 0 Å². The van der Waals surface area contributed by atoms with Crippen molar-refractivity contribution in [1.29, 1.82) is 5.26 Å². The highest BCUT2D eigenvalue weighted by Crippen LogP contribution is 2.48. The molecule has 0 spiro atoms. The Hall–Kier alpha value is -2.61. The van der Waals surface area contributed by atoms with Gasteiger partial charge in [-0.3, -0.25) is 9.59 Å². The van der Waals surface area contributed by atoms with E-state index in [9.17, 15) is 36.4 Å². The molecule has 11 heteroatoms. The van der Waals surface area contributed by atoms with Crippen LogP contribution in [0.4, 0.5) is 13.2 Å². The highest BCUT2D eigenvalue weighted by atomic mass is 32.2. The van der Waals surface area contributed by atoms with Gasteiger partial charge in [-0.1, -0.05) is 19.1 Å². The van der Waals surface area contributed by atoms with E-state index in [1.54, 1.807) is 6.92 Å². The van der Waals surface area contributed by atoms with Gasteiger partial charge in [0.15, 0.2) is 9.84 Å². The van der Waals surface area contributed by atoms with Crippen molar-refractivity contribution in [3.8, 4) is 6.07 Å². The maximum atomic E-state index is 13.4. The molecule has 1 N–H and O–H groups in total. The topological polar surface area (TPSA) is 107 Å². The number of nitriles is 1. The van der Waals surface area contributed by atoms with Gasteiger partial charge in [0.2, 0.25) is 11.8 Å². The van der Waals surface area contributed by atoms with Gasteiger partial charge >= 0.3 is 6.18 Å². The Morgan fingerprint density at radius 1 is 1.19 bits per heavy atom. The van der Waals surface area contributed by atoms with Crippen LogP contribution in [0.1, 0.15) is 44.6 Å². The third kappa shape index (κ3) is 3.85. The Balaban J connectivity index is 1.67. The summed E-state index contributed by atoms with van der Waals surface area (Å²) in [7, 11) is -4.50. The molecule has 0 unspecified atom stereocenters. The van der Waals surface area contributed by atoms with E-state index in [0.29, 0.717) is 31.7 Å². The average Bonchev–Trinajstić information content (AvgIpc) is 3.63. The lowest BCUT2D eigenvalue weighted by atomic mass is 10.1. The standard InChI is InChI=1S/C21H22F3N3O4S/c1-19(6-7-19)18(29)27-11-13(10-15(27)17(28)26-20(12-25)8-9-20)32(30,31)16-5-3-2-4-14(16)21(22,23)24/h2-5,13,15H,6-11H2,1H3,(H,26,28)/t13-,15+/m1/s1. The van der Waals surface area contributed by atoms with E-state index in [-0.39, 0.29) is 18.9 Å². The summed E-state index contributed by atoms with van der Waals surface area (Å²) in [5.41, 5.74) is -3.00. The van der Waals surface area contributed by atoms with E-state index >= 15 is 0 Å². The second kappa shape index (κ2) is 7.20. The van der Waals surface area contributed by atoms with Gasteiger partial charge < -0.3 is 10.2 Å².